The number of phenolic OH excluding ortho intramolecular Hbond substituents is 1. The van der Waals surface area contributed by atoms with E-state index in [0.29, 0.717) is 0 Å². The average Bonchev–Trinajstić information content (AvgIpc) is 2.54. The Morgan fingerprint density at radius 2 is 2.26 bits per heavy atom. The van der Waals surface area contributed by atoms with Crippen LogP contribution in [0.1, 0.15) is 17.3 Å². The van der Waals surface area contributed by atoms with E-state index >= 15 is 0 Å². The summed E-state index contributed by atoms with van der Waals surface area (Å²) >= 11 is 0. The molecule has 9 heteroatoms. The Labute approximate surface area is 140 Å². The number of carbonyl (C=O) groups is 1. The minimum atomic E-state index is -0.406. The predicted molar refractivity (Wildman–Crippen MR) is 91.5 cm³/mol. The quantitative estimate of drug-likeness (QED) is 0.267. The van der Waals surface area contributed by atoms with Gasteiger partial charge in [0.25, 0.3) is 5.91 Å². The molecule has 2 aromatic rings. The topological polar surface area (TPSA) is 111 Å². The fourth-order valence-electron chi connectivity index (χ4n) is 1.63. The van der Waals surface area contributed by atoms with E-state index in [1.807, 2.05) is 25.1 Å². The number of amides is 1. The predicted octanol–water partition coefficient (Wildman–Crippen LogP) is 4.25. The van der Waals surface area contributed by atoms with E-state index in [0.717, 1.165) is 5.03 Å². The average molecular weight is 347 g/mol. The summed E-state index contributed by atoms with van der Waals surface area (Å²) in [6.45, 7) is 1.84. The van der Waals surface area contributed by atoms with Gasteiger partial charge in [-0.1, -0.05) is 28.0 Å². The van der Waals surface area contributed by atoms with Crippen LogP contribution in [-0.2, 0) is 0 Å². The number of hydrogen-bond donors (Lipinski definition) is 2. The van der Waals surface area contributed by atoms with Gasteiger partial charge in [-0.05, 0) is 47.5 Å². The molecule has 1 aromatic carbocycles. The van der Waals surface area contributed by atoms with Gasteiger partial charge in [0, 0.05) is 16.8 Å². The summed E-state index contributed by atoms with van der Waals surface area (Å²) in [7, 11) is 2.90. The molecular formula is C14H13N5O2S2. The summed E-state index contributed by atoms with van der Waals surface area (Å²) < 4.78 is 0. The number of nitrogens with zero attached hydrogens (tertiary/aromatic N) is 4. The number of phenols is 1. The molecule has 0 fully saturated rings. The van der Waals surface area contributed by atoms with Crippen molar-refractivity contribution in [2.24, 2.45) is 5.11 Å². The highest BCUT2D eigenvalue weighted by molar-refractivity contribution is 8.76. The molecule has 1 amide bonds. The molecule has 1 aromatic heterocycles. The number of rotatable bonds is 6. The molecular weight excluding hydrogens is 334 g/mol. The second-order valence-corrected chi connectivity index (χ2v) is 6.92. The zero-order valence-corrected chi connectivity index (χ0v) is 13.7. The van der Waals surface area contributed by atoms with E-state index in [1.54, 1.807) is 6.20 Å². The zero-order chi connectivity index (χ0) is 16.7. The van der Waals surface area contributed by atoms with Crippen LogP contribution in [0.15, 0.2) is 52.7 Å². The first kappa shape index (κ1) is 17.0. The minimum Gasteiger partial charge on any atom is -0.507 e. The van der Waals surface area contributed by atoms with Crippen molar-refractivity contribution in [3.05, 3.63) is 58.6 Å². The third-order valence-corrected chi connectivity index (χ3v) is 5.22. The maximum absolute atomic E-state index is 12.1. The van der Waals surface area contributed by atoms with Crippen LogP contribution in [0.25, 0.3) is 10.4 Å². The van der Waals surface area contributed by atoms with Crippen LogP contribution in [-0.4, -0.2) is 21.4 Å². The van der Waals surface area contributed by atoms with Crippen molar-refractivity contribution in [2.75, 3.05) is 0 Å². The molecule has 2 N–H and O–H groups in total. The van der Waals surface area contributed by atoms with Crippen LogP contribution in [0.4, 0.5) is 5.69 Å². The number of aromatic hydroxyl groups is 1. The lowest BCUT2D eigenvalue weighted by Gasteiger charge is -2.13. The van der Waals surface area contributed by atoms with Crippen LogP contribution in [0, 0.1) is 0 Å². The highest BCUT2D eigenvalue weighted by Gasteiger charge is 2.14. The number of nitrogens with one attached hydrogen (secondary N) is 1. The van der Waals surface area contributed by atoms with Crippen molar-refractivity contribution in [3.63, 3.8) is 0 Å². The van der Waals surface area contributed by atoms with E-state index in [4.69, 9.17) is 5.53 Å². The lowest BCUT2D eigenvalue weighted by molar-refractivity contribution is 0.0949. The van der Waals surface area contributed by atoms with Crippen LogP contribution >= 0.6 is 21.6 Å². The Hall–Kier alpha value is -2.35. The number of aromatic nitrogens is 1. The van der Waals surface area contributed by atoms with Gasteiger partial charge in [0.1, 0.15) is 10.8 Å². The molecule has 0 aliphatic carbocycles. The molecule has 118 valence electrons. The Bertz CT molecular complexity index is 735. The third kappa shape index (κ3) is 5.10. The third-order valence-electron chi connectivity index (χ3n) is 2.64. The maximum Gasteiger partial charge on any atom is 0.255 e. The second kappa shape index (κ2) is 8.33. The van der Waals surface area contributed by atoms with Crippen LogP contribution in [0.2, 0.25) is 0 Å². The monoisotopic (exact) mass is 347 g/mol. The largest absolute Gasteiger partial charge is 0.507 e. The number of pyridine rings is 1. The molecule has 0 aliphatic rings. The molecule has 0 bridgehead atoms. The van der Waals surface area contributed by atoms with Crippen LogP contribution in [0.3, 0.4) is 0 Å². The highest BCUT2D eigenvalue weighted by Crippen LogP contribution is 2.32. The molecule has 1 unspecified atom stereocenters. The highest BCUT2D eigenvalue weighted by atomic mass is 33.1. The summed E-state index contributed by atoms with van der Waals surface area (Å²) in [5.74, 6) is -0.640. The standard InChI is InChI=1S/C14H13N5O2S2/c1-9(22-23-13-4-2-3-7-16-13)17-14(21)11-6-5-10(18-19-15)8-12(11)20/h2-9,20H,1H3,(H,17,21). The van der Waals surface area contributed by atoms with Gasteiger partial charge < -0.3 is 10.4 Å². The molecule has 0 spiro atoms. The number of carbonyl (C=O) groups excluding carboxylic acids is 1. The molecule has 23 heavy (non-hydrogen) atoms. The van der Waals surface area contributed by atoms with Gasteiger partial charge >= 0.3 is 0 Å². The Morgan fingerprint density at radius 1 is 1.43 bits per heavy atom. The van der Waals surface area contributed by atoms with E-state index < -0.39 is 5.91 Å². The normalized spacial score (nSPS) is 11.3. The van der Waals surface area contributed by atoms with Gasteiger partial charge in [0.05, 0.1) is 10.9 Å². The first-order valence-electron chi connectivity index (χ1n) is 6.53. The first-order chi connectivity index (χ1) is 11.1. The molecule has 0 radical (unpaired) electrons. The Morgan fingerprint density at radius 3 is 2.91 bits per heavy atom. The molecule has 0 saturated carbocycles. The van der Waals surface area contributed by atoms with E-state index in [-0.39, 0.29) is 22.4 Å². The van der Waals surface area contributed by atoms with Crippen LogP contribution in [0.5, 0.6) is 5.75 Å². The van der Waals surface area contributed by atoms with Crippen molar-refractivity contribution in [1.29, 1.82) is 0 Å². The fraction of sp³-hybridized carbons (Fsp3) is 0.143. The fourth-order valence-corrected chi connectivity index (χ4v) is 3.44. The maximum atomic E-state index is 12.1. The van der Waals surface area contributed by atoms with Crippen LogP contribution < -0.4 is 5.32 Å². The summed E-state index contributed by atoms with van der Waals surface area (Å²) in [6, 6.07) is 9.74. The van der Waals surface area contributed by atoms with Gasteiger partial charge in [0.2, 0.25) is 0 Å². The second-order valence-electron chi connectivity index (χ2n) is 4.35. The van der Waals surface area contributed by atoms with Gasteiger partial charge in [-0.3, -0.25) is 4.79 Å². The SMILES string of the molecule is CC(NC(=O)c1ccc(N=[N+]=[N-])cc1O)SSc1ccccn1. The Balaban J connectivity index is 1.94. The lowest BCUT2D eigenvalue weighted by Crippen LogP contribution is -2.29. The summed E-state index contributed by atoms with van der Waals surface area (Å²) in [4.78, 5) is 18.9. The molecule has 0 aliphatic heterocycles. The Kier molecular flexibility index (Phi) is 6.16. The van der Waals surface area contributed by atoms with Gasteiger partial charge in [-0.25, -0.2) is 4.98 Å². The summed E-state index contributed by atoms with van der Waals surface area (Å²) in [6.07, 6.45) is 1.70. The van der Waals surface area contributed by atoms with E-state index in [9.17, 15) is 9.90 Å². The molecule has 7 nitrogen and oxygen atoms in total. The van der Waals surface area contributed by atoms with Gasteiger partial charge in [-0.2, -0.15) is 0 Å². The van der Waals surface area contributed by atoms with Crippen molar-refractivity contribution in [3.8, 4) is 5.75 Å². The molecule has 1 heterocycles. The molecule has 1 atom stereocenters. The smallest absolute Gasteiger partial charge is 0.255 e. The number of azide groups is 1. The number of benzene rings is 1. The van der Waals surface area contributed by atoms with Crippen molar-refractivity contribution in [2.45, 2.75) is 17.3 Å². The summed E-state index contributed by atoms with van der Waals surface area (Å²) in [5.41, 5.74) is 8.72. The van der Waals surface area contributed by atoms with E-state index in [1.165, 1.54) is 39.8 Å². The minimum absolute atomic E-state index is 0.122. The van der Waals surface area contributed by atoms with Gasteiger partial charge in [0.15, 0.2) is 0 Å². The number of hydrogen-bond acceptors (Lipinski definition) is 6. The lowest BCUT2D eigenvalue weighted by atomic mass is 10.1. The summed E-state index contributed by atoms with van der Waals surface area (Å²) in [5, 5.41) is 16.6. The van der Waals surface area contributed by atoms with E-state index in [2.05, 4.69) is 20.3 Å². The first-order valence-corrected chi connectivity index (χ1v) is 8.75. The van der Waals surface area contributed by atoms with Crippen molar-refractivity contribution < 1.29 is 9.90 Å². The van der Waals surface area contributed by atoms with Gasteiger partial charge in [-0.15, -0.1) is 0 Å². The van der Waals surface area contributed by atoms with Crippen molar-refractivity contribution >= 4 is 33.2 Å². The molecule has 2 rings (SSSR count). The molecule has 0 saturated heterocycles. The van der Waals surface area contributed by atoms with Crippen molar-refractivity contribution in [1.82, 2.24) is 10.3 Å². The zero-order valence-electron chi connectivity index (χ0n) is 12.1.